The van der Waals surface area contributed by atoms with Gasteiger partial charge in [-0.25, -0.2) is 0 Å². The SMILES string of the molecule is Cc1cccc2c1N(C)C(C)C(CCO)S2. The van der Waals surface area contributed by atoms with Crippen LogP contribution >= 0.6 is 11.8 Å². The van der Waals surface area contributed by atoms with E-state index >= 15 is 0 Å². The Morgan fingerprint density at radius 2 is 2.19 bits per heavy atom. The summed E-state index contributed by atoms with van der Waals surface area (Å²) in [5, 5.41) is 9.58. The lowest BCUT2D eigenvalue weighted by Crippen LogP contribution is -2.41. The van der Waals surface area contributed by atoms with Crippen molar-refractivity contribution in [3.63, 3.8) is 0 Å². The molecule has 0 amide bonds. The number of hydrogen-bond acceptors (Lipinski definition) is 3. The fourth-order valence-corrected chi connectivity index (χ4v) is 3.82. The molecule has 2 nitrogen and oxygen atoms in total. The van der Waals surface area contributed by atoms with E-state index in [1.165, 1.54) is 16.1 Å². The Kier molecular flexibility index (Phi) is 3.45. The van der Waals surface area contributed by atoms with Gasteiger partial charge in [-0.15, -0.1) is 11.8 Å². The van der Waals surface area contributed by atoms with Crippen LogP contribution in [-0.2, 0) is 0 Å². The second kappa shape index (κ2) is 4.68. The monoisotopic (exact) mass is 237 g/mol. The van der Waals surface area contributed by atoms with E-state index in [-0.39, 0.29) is 6.61 Å². The van der Waals surface area contributed by atoms with Gasteiger partial charge in [0.05, 0.1) is 5.69 Å². The summed E-state index contributed by atoms with van der Waals surface area (Å²) in [4.78, 5) is 3.70. The van der Waals surface area contributed by atoms with Crippen LogP contribution in [0.2, 0.25) is 0 Å². The molecule has 1 aliphatic heterocycles. The quantitative estimate of drug-likeness (QED) is 0.855. The number of benzene rings is 1. The summed E-state index contributed by atoms with van der Waals surface area (Å²) in [5.41, 5.74) is 2.69. The summed E-state index contributed by atoms with van der Waals surface area (Å²) in [6, 6.07) is 6.93. The third kappa shape index (κ3) is 1.94. The van der Waals surface area contributed by atoms with Crippen LogP contribution in [0.1, 0.15) is 18.9 Å². The Bertz CT molecular complexity index is 380. The number of thioether (sulfide) groups is 1. The number of para-hydroxylation sites is 1. The number of aryl methyl sites for hydroxylation is 1. The first kappa shape index (κ1) is 11.8. The average Bonchev–Trinajstić information content (AvgIpc) is 2.25. The number of aliphatic hydroxyl groups is 1. The molecule has 0 spiro atoms. The smallest absolute Gasteiger partial charge is 0.0534 e. The molecule has 0 aromatic heterocycles. The summed E-state index contributed by atoms with van der Waals surface area (Å²) in [6.45, 7) is 4.68. The fourth-order valence-electron chi connectivity index (χ4n) is 2.32. The van der Waals surface area contributed by atoms with E-state index in [2.05, 4.69) is 44.0 Å². The molecule has 1 N–H and O–H groups in total. The molecule has 1 aliphatic rings. The number of rotatable bonds is 2. The fraction of sp³-hybridized carbons (Fsp3) is 0.538. The molecule has 2 unspecified atom stereocenters. The van der Waals surface area contributed by atoms with E-state index in [4.69, 9.17) is 5.11 Å². The van der Waals surface area contributed by atoms with Gasteiger partial charge in [-0.2, -0.15) is 0 Å². The molecule has 0 saturated carbocycles. The van der Waals surface area contributed by atoms with Gasteiger partial charge in [0, 0.05) is 29.8 Å². The van der Waals surface area contributed by atoms with Gasteiger partial charge in [0.1, 0.15) is 0 Å². The minimum atomic E-state index is 0.275. The second-order valence-corrected chi connectivity index (χ2v) is 5.72. The van der Waals surface area contributed by atoms with Gasteiger partial charge >= 0.3 is 0 Å². The van der Waals surface area contributed by atoms with Gasteiger partial charge in [0.25, 0.3) is 0 Å². The van der Waals surface area contributed by atoms with Crippen LogP contribution in [0.25, 0.3) is 0 Å². The van der Waals surface area contributed by atoms with Gasteiger partial charge in [-0.05, 0) is 31.9 Å². The largest absolute Gasteiger partial charge is 0.396 e. The normalized spacial score (nSPS) is 24.4. The molecule has 88 valence electrons. The highest BCUT2D eigenvalue weighted by atomic mass is 32.2. The highest BCUT2D eigenvalue weighted by Gasteiger charge is 2.30. The number of hydrogen-bond donors (Lipinski definition) is 1. The third-order valence-electron chi connectivity index (χ3n) is 3.39. The maximum atomic E-state index is 9.09. The van der Waals surface area contributed by atoms with Gasteiger partial charge in [0.2, 0.25) is 0 Å². The summed E-state index contributed by atoms with van der Waals surface area (Å²) in [7, 11) is 2.15. The molecular weight excluding hydrogens is 218 g/mol. The molecule has 0 fully saturated rings. The van der Waals surface area contributed by atoms with Crippen molar-refractivity contribution in [1.29, 1.82) is 0 Å². The Hall–Kier alpha value is -0.670. The average molecular weight is 237 g/mol. The molecule has 0 radical (unpaired) electrons. The van der Waals surface area contributed by atoms with Crippen LogP contribution in [0.5, 0.6) is 0 Å². The van der Waals surface area contributed by atoms with Crippen LogP contribution in [0.15, 0.2) is 23.1 Å². The zero-order valence-electron chi connectivity index (χ0n) is 10.1. The summed E-state index contributed by atoms with van der Waals surface area (Å²) < 4.78 is 0. The molecule has 16 heavy (non-hydrogen) atoms. The Balaban J connectivity index is 2.36. The van der Waals surface area contributed by atoms with E-state index < -0.39 is 0 Å². The molecule has 0 bridgehead atoms. The molecule has 1 aromatic rings. The van der Waals surface area contributed by atoms with Crippen molar-refractivity contribution in [2.75, 3.05) is 18.6 Å². The number of anilines is 1. The van der Waals surface area contributed by atoms with Crippen molar-refractivity contribution in [1.82, 2.24) is 0 Å². The standard InChI is InChI=1S/C13H19NOS/c1-9-5-4-6-12-13(9)14(3)10(2)11(16-12)7-8-15/h4-6,10-11,15H,7-8H2,1-3H3. The minimum absolute atomic E-state index is 0.275. The molecule has 3 heteroatoms. The maximum Gasteiger partial charge on any atom is 0.0534 e. The van der Waals surface area contributed by atoms with E-state index in [0.29, 0.717) is 11.3 Å². The van der Waals surface area contributed by atoms with Crippen molar-refractivity contribution < 1.29 is 5.11 Å². The van der Waals surface area contributed by atoms with Crippen molar-refractivity contribution in [2.45, 2.75) is 36.5 Å². The summed E-state index contributed by atoms with van der Waals surface area (Å²) in [5.74, 6) is 0. The lowest BCUT2D eigenvalue weighted by molar-refractivity contribution is 0.282. The number of nitrogens with zero attached hydrogens (tertiary/aromatic N) is 1. The van der Waals surface area contributed by atoms with E-state index in [1.807, 2.05) is 11.8 Å². The van der Waals surface area contributed by atoms with Crippen molar-refractivity contribution in [3.8, 4) is 0 Å². The van der Waals surface area contributed by atoms with Crippen LogP contribution < -0.4 is 4.90 Å². The Labute approximate surface area is 102 Å². The van der Waals surface area contributed by atoms with Crippen molar-refractivity contribution in [3.05, 3.63) is 23.8 Å². The van der Waals surface area contributed by atoms with Gasteiger partial charge < -0.3 is 10.0 Å². The maximum absolute atomic E-state index is 9.09. The van der Waals surface area contributed by atoms with Crippen molar-refractivity contribution >= 4 is 17.4 Å². The first-order chi connectivity index (χ1) is 7.65. The van der Waals surface area contributed by atoms with E-state index in [0.717, 1.165) is 6.42 Å². The van der Waals surface area contributed by atoms with E-state index in [1.54, 1.807) is 0 Å². The zero-order chi connectivity index (χ0) is 11.7. The van der Waals surface area contributed by atoms with Crippen LogP contribution in [0.4, 0.5) is 5.69 Å². The summed E-state index contributed by atoms with van der Waals surface area (Å²) in [6.07, 6.45) is 0.865. The van der Waals surface area contributed by atoms with Gasteiger partial charge in [0.15, 0.2) is 0 Å². The first-order valence-electron chi connectivity index (χ1n) is 5.75. The molecule has 0 aliphatic carbocycles. The lowest BCUT2D eigenvalue weighted by atomic mass is 10.1. The molecular formula is C13H19NOS. The zero-order valence-corrected chi connectivity index (χ0v) is 10.9. The second-order valence-electron chi connectivity index (χ2n) is 4.44. The molecule has 1 heterocycles. The topological polar surface area (TPSA) is 23.5 Å². The molecule has 2 atom stereocenters. The first-order valence-corrected chi connectivity index (χ1v) is 6.63. The van der Waals surface area contributed by atoms with Crippen LogP contribution in [0, 0.1) is 6.92 Å². The number of aliphatic hydroxyl groups excluding tert-OH is 1. The number of fused-ring (bicyclic) bond motifs is 1. The predicted molar refractivity (Wildman–Crippen MR) is 70.4 cm³/mol. The Morgan fingerprint density at radius 1 is 1.44 bits per heavy atom. The Morgan fingerprint density at radius 3 is 2.88 bits per heavy atom. The molecule has 2 rings (SSSR count). The lowest BCUT2D eigenvalue weighted by Gasteiger charge is -2.40. The molecule has 0 saturated heterocycles. The highest BCUT2D eigenvalue weighted by molar-refractivity contribution is 8.00. The molecule has 1 aromatic carbocycles. The van der Waals surface area contributed by atoms with Gasteiger partial charge in [-0.1, -0.05) is 12.1 Å². The van der Waals surface area contributed by atoms with E-state index in [9.17, 15) is 0 Å². The summed E-state index contributed by atoms with van der Waals surface area (Å²) >= 11 is 1.91. The van der Waals surface area contributed by atoms with Crippen molar-refractivity contribution in [2.24, 2.45) is 0 Å². The highest BCUT2D eigenvalue weighted by Crippen LogP contribution is 2.43. The third-order valence-corrected chi connectivity index (χ3v) is 4.91. The predicted octanol–water partition coefficient (Wildman–Crippen LogP) is 2.68. The van der Waals surface area contributed by atoms with Crippen LogP contribution in [0.3, 0.4) is 0 Å². The van der Waals surface area contributed by atoms with Gasteiger partial charge in [-0.3, -0.25) is 0 Å². The van der Waals surface area contributed by atoms with Crippen LogP contribution in [-0.4, -0.2) is 30.1 Å². The minimum Gasteiger partial charge on any atom is -0.396 e.